The van der Waals surface area contributed by atoms with Crippen LogP contribution < -0.4 is 15.4 Å². The quantitative estimate of drug-likeness (QED) is 0.684. The minimum Gasteiger partial charge on any atom is -0.489 e. The van der Waals surface area contributed by atoms with Crippen LogP contribution in [0.3, 0.4) is 0 Å². The molecule has 0 bridgehead atoms. The Balaban J connectivity index is 1.37. The van der Waals surface area contributed by atoms with Crippen molar-refractivity contribution in [2.75, 3.05) is 18.4 Å². The summed E-state index contributed by atoms with van der Waals surface area (Å²) in [5.74, 6) is 0.379. The molecule has 0 saturated carbocycles. The van der Waals surface area contributed by atoms with Crippen molar-refractivity contribution < 1.29 is 9.53 Å². The topological polar surface area (TPSA) is 94.0 Å². The number of anilines is 1. The number of carbonyl (C=O) groups excluding carboxylic acids is 1. The van der Waals surface area contributed by atoms with E-state index in [1.807, 2.05) is 30.3 Å². The Morgan fingerprint density at radius 2 is 2.14 bits per heavy atom. The van der Waals surface area contributed by atoms with E-state index < -0.39 is 0 Å². The number of rotatable bonds is 6. The van der Waals surface area contributed by atoms with E-state index in [2.05, 4.69) is 25.9 Å². The van der Waals surface area contributed by atoms with E-state index in [1.165, 1.54) is 0 Å². The van der Waals surface area contributed by atoms with Crippen LogP contribution in [0.15, 0.2) is 55.0 Å². The summed E-state index contributed by atoms with van der Waals surface area (Å²) in [4.78, 5) is 16.6. The van der Waals surface area contributed by atoms with Crippen LogP contribution >= 0.6 is 0 Å². The molecule has 3 heterocycles. The maximum Gasteiger partial charge on any atom is 0.277 e. The number of nitrogens with one attached hydrogen (secondary N) is 2. The molecule has 1 aliphatic heterocycles. The summed E-state index contributed by atoms with van der Waals surface area (Å²) in [6.45, 7) is 2.32. The zero-order valence-electron chi connectivity index (χ0n) is 15.4. The Kier molecular flexibility index (Phi) is 5.58. The number of amides is 1. The van der Waals surface area contributed by atoms with E-state index in [-0.39, 0.29) is 5.91 Å². The van der Waals surface area contributed by atoms with Gasteiger partial charge >= 0.3 is 0 Å². The SMILES string of the molecule is O=C(Nc1cccc(OCc2cccnc2)c1)c1cn(C2CCNCC2)nn1. The Hall–Kier alpha value is -3.26. The third-order valence-corrected chi connectivity index (χ3v) is 4.65. The lowest BCUT2D eigenvalue weighted by atomic mass is 10.1. The number of benzene rings is 1. The molecule has 0 atom stereocenters. The zero-order valence-corrected chi connectivity index (χ0v) is 15.4. The van der Waals surface area contributed by atoms with Crippen LogP contribution in [0.25, 0.3) is 0 Å². The summed E-state index contributed by atoms with van der Waals surface area (Å²) in [5, 5.41) is 14.3. The lowest BCUT2D eigenvalue weighted by Crippen LogP contribution is -2.29. The van der Waals surface area contributed by atoms with Gasteiger partial charge in [0.1, 0.15) is 12.4 Å². The van der Waals surface area contributed by atoms with Crippen LogP contribution in [-0.2, 0) is 6.61 Å². The monoisotopic (exact) mass is 378 g/mol. The fourth-order valence-electron chi connectivity index (χ4n) is 3.14. The van der Waals surface area contributed by atoms with Crippen molar-refractivity contribution in [1.82, 2.24) is 25.3 Å². The Labute approximate surface area is 162 Å². The number of pyridine rings is 1. The molecule has 0 spiro atoms. The maximum absolute atomic E-state index is 12.5. The molecular formula is C20H22N6O2. The van der Waals surface area contributed by atoms with Gasteiger partial charge in [0.05, 0.1) is 12.2 Å². The molecule has 8 nitrogen and oxygen atoms in total. The van der Waals surface area contributed by atoms with Gasteiger partial charge in [-0.05, 0) is 44.1 Å². The Bertz CT molecular complexity index is 921. The highest BCUT2D eigenvalue weighted by Crippen LogP contribution is 2.20. The highest BCUT2D eigenvalue weighted by atomic mass is 16.5. The summed E-state index contributed by atoms with van der Waals surface area (Å²) in [6, 6.07) is 11.4. The van der Waals surface area contributed by atoms with Gasteiger partial charge in [-0.3, -0.25) is 9.78 Å². The van der Waals surface area contributed by atoms with E-state index in [9.17, 15) is 4.79 Å². The molecule has 2 N–H and O–H groups in total. The number of nitrogens with zero attached hydrogens (tertiary/aromatic N) is 4. The lowest BCUT2D eigenvalue weighted by Gasteiger charge is -2.22. The number of piperidine rings is 1. The first-order chi connectivity index (χ1) is 13.8. The first-order valence-corrected chi connectivity index (χ1v) is 9.33. The molecule has 1 aromatic carbocycles. The second kappa shape index (κ2) is 8.62. The minimum absolute atomic E-state index is 0.287. The predicted octanol–water partition coefficient (Wildman–Crippen LogP) is 2.43. The second-order valence-electron chi connectivity index (χ2n) is 6.70. The summed E-state index contributed by atoms with van der Waals surface area (Å²) >= 11 is 0. The third-order valence-electron chi connectivity index (χ3n) is 4.65. The molecule has 4 rings (SSSR count). The largest absolute Gasteiger partial charge is 0.489 e. The molecule has 1 saturated heterocycles. The first kappa shape index (κ1) is 18.1. The molecule has 144 valence electrons. The van der Waals surface area contributed by atoms with Gasteiger partial charge in [0, 0.05) is 29.7 Å². The van der Waals surface area contributed by atoms with E-state index in [0.717, 1.165) is 31.5 Å². The van der Waals surface area contributed by atoms with E-state index in [0.29, 0.717) is 29.8 Å². The summed E-state index contributed by atoms with van der Waals surface area (Å²) in [5.41, 5.74) is 1.93. The van der Waals surface area contributed by atoms with E-state index in [4.69, 9.17) is 4.74 Å². The maximum atomic E-state index is 12.5. The standard InChI is InChI=1S/C20H22N6O2/c27-20(19-13-26(25-24-19)17-6-9-21-10-7-17)23-16-4-1-5-18(11-16)28-14-15-3-2-8-22-12-15/h1-5,8,11-13,17,21H,6-7,9-10,14H2,(H,23,27). The number of hydrogen-bond donors (Lipinski definition) is 2. The van der Waals surface area contributed by atoms with Crippen molar-refractivity contribution in [2.24, 2.45) is 0 Å². The molecule has 28 heavy (non-hydrogen) atoms. The van der Waals surface area contributed by atoms with Crippen LogP contribution in [0, 0.1) is 0 Å². The molecular weight excluding hydrogens is 356 g/mol. The third kappa shape index (κ3) is 4.52. The fraction of sp³-hybridized carbons (Fsp3) is 0.300. The Morgan fingerprint density at radius 1 is 1.25 bits per heavy atom. The lowest BCUT2D eigenvalue weighted by molar-refractivity contribution is 0.102. The average Bonchev–Trinajstić information content (AvgIpc) is 3.25. The molecule has 8 heteroatoms. The fourth-order valence-corrected chi connectivity index (χ4v) is 3.14. The predicted molar refractivity (Wildman–Crippen MR) is 104 cm³/mol. The first-order valence-electron chi connectivity index (χ1n) is 9.33. The number of carbonyl (C=O) groups is 1. The van der Waals surface area contributed by atoms with Gasteiger partial charge < -0.3 is 15.4 Å². The number of aromatic nitrogens is 4. The number of hydrogen-bond acceptors (Lipinski definition) is 6. The molecule has 1 aliphatic rings. The summed E-state index contributed by atoms with van der Waals surface area (Å²) in [6.07, 6.45) is 7.17. The van der Waals surface area contributed by atoms with Gasteiger partial charge in [-0.15, -0.1) is 5.10 Å². The highest BCUT2D eigenvalue weighted by Gasteiger charge is 2.18. The van der Waals surface area contributed by atoms with Gasteiger partial charge in [-0.25, -0.2) is 4.68 Å². The second-order valence-corrected chi connectivity index (χ2v) is 6.70. The van der Waals surface area contributed by atoms with Gasteiger partial charge in [0.25, 0.3) is 5.91 Å². The molecule has 0 radical (unpaired) electrons. The van der Waals surface area contributed by atoms with Crippen molar-refractivity contribution in [2.45, 2.75) is 25.5 Å². The van der Waals surface area contributed by atoms with E-state index >= 15 is 0 Å². The van der Waals surface area contributed by atoms with Gasteiger partial charge in [-0.1, -0.05) is 17.3 Å². The van der Waals surface area contributed by atoms with Gasteiger partial charge in [0.2, 0.25) is 0 Å². The van der Waals surface area contributed by atoms with Crippen molar-refractivity contribution in [3.05, 3.63) is 66.2 Å². The zero-order chi connectivity index (χ0) is 19.2. The van der Waals surface area contributed by atoms with Crippen molar-refractivity contribution >= 4 is 11.6 Å². The smallest absolute Gasteiger partial charge is 0.277 e. The van der Waals surface area contributed by atoms with E-state index in [1.54, 1.807) is 29.3 Å². The van der Waals surface area contributed by atoms with Crippen LogP contribution in [0.2, 0.25) is 0 Å². The summed E-state index contributed by atoms with van der Waals surface area (Å²) in [7, 11) is 0. The van der Waals surface area contributed by atoms with Crippen molar-refractivity contribution in [3.8, 4) is 5.75 Å². The molecule has 3 aromatic rings. The van der Waals surface area contributed by atoms with Crippen molar-refractivity contribution in [3.63, 3.8) is 0 Å². The Morgan fingerprint density at radius 3 is 2.96 bits per heavy atom. The van der Waals surface area contributed by atoms with Gasteiger partial charge in [0.15, 0.2) is 5.69 Å². The highest BCUT2D eigenvalue weighted by molar-refractivity contribution is 6.02. The normalized spacial score (nSPS) is 14.6. The van der Waals surface area contributed by atoms with Crippen LogP contribution in [0.4, 0.5) is 5.69 Å². The average molecular weight is 378 g/mol. The van der Waals surface area contributed by atoms with Crippen molar-refractivity contribution in [1.29, 1.82) is 0 Å². The molecule has 0 unspecified atom stereocenters. The molecule has 2 aromatic heterocycles. The minimum atomic E-state index is -0.287. The van der Waals surface area contributed by atoms with Gasteiger partial charge in [-0.2, -0.15) is 0 Å². The summed E-state index contributed by atoms with van der Waals surface area (Å²) < 4.78 is 7.57. The molecule has 0 aliphatic carbocycles. The molecule has 1 fully saturated rings. The molecule has 1 amide bonds. The number of ether oxygens (including phenoxy) is 1. The van der Waals surface area contributed by atoms with Crippen LogP contribution in [-0.4, -0.2) is 39.0 Å². The van der Waals surface area contributed by atoms with Crippen LogP contribution in [0.5, 0.6) is 5.75 Å². The van der Waals surface area contributed by atoms with Crippen LogP contribution in [0.1, 0.15) is 34.9 Å².